The lowest BCUT2D eigenvalue weighted by atomic mass is 9.80. The summed E-state index contributed by atoms with van der Waals surface area (Å²) in [5.41, 5.74) is -1.44. The van der Waals surface area contributed by atoms with Crippen LogP contribution in [-0.2, 0) is 10.4 Å². The van der Waals surface area contributed by atoms with Gasteiger partial charge in [0.15, 0.2) is 0 Å². The average molecular weight is 276 g/mol. The molecule has 5 heteroatoms. The second-order valence-corrected chi connectivity index (χ2v) is 5.61. The first-order valence-electron chi connectivity index (χ1n) is 7.13. The Morgan fingerprint density at radius 3 is 2.75 bits per heavy atom. The normalized spacial score (nSPS) is 29.6. The molecule has 2 fully saturated rings. The molecule has 0 saturated carbocycles. The minimum Gasteiger partial charge on any atom is -0.479 e. The van der Waals surface area contributed by atoms with E-state index in [2.05, 4.69) is 10.2 Å². The largest absolute Gasteiger partial charge is 0.479 e. The van der Waals surface area contributed by atoms with Gasteiger partial charge >= 0.3 is 5.97 Å². The van der Waals surface area contributed by atoms with Crippen LogP contribution in [0.5, 0.6) is 0 Å². The molecule has 1 aromatic carbocycles. The third-order valence-electron chi connectivity index (χ3n) is 4.55. The minimum atomic E-state index is -1.88. The van der Waals surface area contributed by atoms with Crippen LogP contribution in [0.25, 0.3) is 0 Å². The minimum absolute atomic E-state index is 0.0880. The summed E-state index contributed by atoms with van der Waals surface area (Å²) in [7, 11) is 0. The number of hydrogen-bond acceptors (Lipinski definition) is 4. The molecule has 0 aliphatic carbocycles. The smallest absolute Gasteiger partial charge is 0.342 e. The summed E-state index contributed by atoms with van der Waals surface area (Å²) in [6, 6.07) is 8.33. The van der Waals surface area contributed by atoms with Crippen molar-refractivity contribution in [3.8, 4) is 0 Å². The number of carboxylic acid groups (broad SMARTS) is 1. The first kappa shape index (κ1) is 13.5. The molecule has 2 aliphatic rings. The quantitative estimate of drug-likeness (QED) is 0.745. The third-order valence-corrected chi connectivity index (χ3v) is 4.55. The molecular weight excluding hydrogens is 256 g/mol. The highest BCUT2D eigenvalue weighted by molar-refractivity contribution is 5.80. The number of fused-ring (bicyclic) bond motifs is 1. The third kappa shape index (κ3) is 2.02. The van der Waals surface area contributed by atoms with E-state index in [1.165, 1.54) is 0 Å². The van der Waals surface area contributed by atoms with Crippen molar-refractivity contribution < 1.29 is 15.0 Å². The summed E-state index contributed by atoms with van der Waals surface area (Å²) >= 11 is 0. The van der Waals surface area contributed by atoms with E-state index in [1.54, 1.807) is 24.3 Å². The van der Waals surface area contributed by atoms with Gasteiger partial charge in [-0.1, -0.05) is 30.3 Å². The number of piperazine rings is 1. The Hall–Kier alpha value is -1.43. The molecule has 20 heavy (non-hydrogen) atoms. The van der Waals surface area contributed by atoms with Gasteiger partial charge in [0.2, 0.25) is 5.60 Å². The monoisotopic (exact) mass is 276 g/mol. The molecule has 3 rings (SSSR count). The number of aliphatic carboxylic acids is 1. The topological polar surface area (TPSA) is 72.8 Å². The summed E-state index contributed by atoms with van der Waals surface area (Å²) in [5.74, 6) is -1.19. The van der Waals surface area contributed by atoms with Crippen molar-refractivity contribution in [2.45, 2.75) is 30.5 Å². The van der Waals surface area contributed by atoms with E-state index >= 15 is 0 Å². The zero-order valence-electron chi connectivity index (χ0n) is 11.3. The highest BCUT2D eigenvalue weighted by Gasteiger charge is 2.52. The van der Waals surface area contributed by atoms with Crippen LogP contribution in [0.2, 0.25) is 0 Å². The van der Waals surface area contributed by atoms with Crippen molar-refractivity contribution >= 4 is 5.97 Å². The molecule has 3 N–H and O–H groups in total. The van der Waals surface area contributed by atoms with E-state index < -0.39 is 17.6 Å². The molecule has 1 aromatic rings. The second-order valence-electron chi connectivity index (χ2n) is 5.61. The molecular formula is C15H20N2O3. The molecule has 1 unspecified atom stereocenters. The Morgan fingerprint density at radius 1 is 1.30 bits per heavy atom. The van der Waals surface area contributed by atoms with Crippen molar-refractivity contribution in [3.05, 3.63) is 35.9 Å². The Morgan fingerprint density at radius 2 is 2.05 bits per heavy atom. The molecule has 5 nitrogen and oxygen atoms in total. The van der Waals surface area contributed by atoms with Gasteiger partial charge in [0.25, 0.3) is 0 Å². The Kier molecular flexibility index (Phi) is 3.50. The molecule has 2 saturated heterocycles. The molecule has 108 valence electrons. The van der Waals surface area contributed by atoms with E-state index in [-0.39, 0.29) is 6.04 Å². The van der Waals surface area contributed by atoms with Crippen LogP contribution in [-0.4, -0.2) is 52.8 Å². The van der Waals surface area contributed by atoms with Crippen molar-refractivity contribution in [1.29, 1.82) is 0 Å². The van der Waals surface area contributed by atoms with Gasteiger partial charge in [-0.15, -0.1) is 0 Å². The summed E-state index contributed by atoms with van der Waals surface area (Å²) in [5, 5.41) is 23.8. The average Bonchev–Trinajstić information content (AvgIpc) is 2.95. The van der Waals surface area contributed by atoms with Crippen molar-refractivity contribution in [2.24, 2.45) is 0 Å². The van der Waals surface area contributed by atoms with Crippen LogP contribution >= 0.6 is 0 Å². The molecule has 0 radical (unpaired) electrons. The highest BCUT2D eigenvalue weighted by atomic mass is 16.4. The van der Waals surface area contributed by atoms with Gasteiger partial charge in [-0.25, -0.2) is 4.79 Å². The first-order chi connectivity index (χ1) is 9.64. The maximum atomic E-state index is 11.8. The number of aliphatic hydroxyl groups is 1. The van der Waals surface area contributed by atoms with Gasteiger partial charge in [-0.2, -0.15) is 0 Å². The number of carbonyl (C=O) groups is 1. The van der Waals surface area contributed by atoms with Crippen LogP contribution in [0, 0.1) is 0 Å². The van der Waals surface area contributed by atoms with Crippen LogP contribution in [0.15, 0.2) is 30.3 Å². The van der Waals surface area contributed by atoms with Gasteiger partial charge < -0.3 is 15.5 Å². The maximum Gasteiger partial charge on any atom is 0.342 e. The number of rotatable bonds is 3. The molecule has 0 spiro atoms. The molecule has 0 amide bonds. The Balaban J connectivity index is 2.00. The highest BCUT2D eigenvalue weighted by Crippen LogP contribution is 2.34. The number of carboxylic acids is 1. The number of nitrogens with zero attached hydrogens (tertiary/aromatic N) is 1. The number of hydrogen-bond donors (Lipinski definition) is 3. The van der Waals surface area contributed by atoms with Crippen LogP contribution < -0.4 is 5.32 Å². The van der Waals surface area contributed by atoms with E-state index in [0.717, 1.165) is 25.9 Å². The van der Waals surface area contributed by atoms with E-state index in [1.807, 2.05) is 6.07 Å². The summed E-state index contributed by atoms with van der Waals surface area (Å²) in [6.07, 6.45) is 1.99. The van der Waals surface area contributed by atoms with Gasteiger partial charge in [0.1, 0.15) is 0 Å². The zero-order chi connectivity index (χ0) is 14.2. The molecule has 0 aromatic heterocycles. The Bertz CT molecular complexity index is 493. The van der Waals surface area contributed by atoms with Gasteiger partial charge in [-0.3, -0.25) is 4.90 Å². The Labute approximate surface area is 118 Å². The molecule has 0 bridgehead atoms. The fraction of sp³-hybridized carbons (Fsp3) is 0.533. The summed E-state index contributed by atoms with van der Waals surface area (Å²) in [6.45, 7) is 2.63. The van der Waals surface area contributed by atoms with Crippen LogP contribution in [0.1, 0.15) is 18.4 Å². The van der Waals surface area contributed by atoms with E-state index in [4.69, 9.17) is 0 Å². The van der Waals surface area contributed by atoms with Gasteiger partial charge in [0.05, 0.1) is 6.04 Å². The van der Waals surface area contributed by atoms with E-state index in [9.17, 15) is 15.0 Å². The fourth-order valence-electron chi connectivity index (χ4n) is 3.56. The fourth-order valence-corrected chi connectivity index (χ4v) is 3.56. The van der Waals surface area contributed by atoms with Crippen molar-refractivity contribution in [1.82, 2.24) is 10.2 Å². The second kappa shape index (κ2) is 5.16. The predicted molar refractivity (Wildman–Crippen MR) is 74.4 cm³/mol. The molecule has 3 atom stereocenters. The van der Waals surface area contributed by atoms with E-state index in [0.29, 0.717) is 12.1 Å². The molecule has 2 heterocycles. The summed E-state index contributed by atoms with van der Waals surface area (Å²) < 4.78 is 0. The standard InChI is InChI=1S/C15H20N2O3/c18-14(19)15(20,11-5-2-1-3-6-11)13-12-7-4-9-17(12)10-8-16-13/h1-3,5-6,12-13,16,20H,4,7-10H2,(H,18,19)/t12-,13?,15-/m1/s1. The van der Waals surface area contributed by atoms with Crippen LogP contribution in [0.4, 0.5) is 0 Å². The first-order valence-corrected chi connectivity index (χ1v) is 7.13. The maximum absolute atomic E-state index is 11.8. The lowest BCUT2D eigenvalue weighted by Gasteiger charge is -2.44. The number of benzene rings is 1. The van der Waals surface area contributed by atoms with Gasteiger partial charge in [0, 0.05) is 19.1 Å². The number of nitrogens with one attached hydrogen (secondary N) is 1. The predicted octanol–water partition coefficient (Wildman–Crippen LogP) is 0.395. The lowest BCUT2D eigenvalue weighted by molar-refractivity contribution is -0.167. The summed E-state index contributed by atoms with van der Waals surface area (Å²) in [4.78, 5) is 14.1. The van der Waals surface area contributed by atoms with Crippen LogP contribution in [0.3, 0.4) is 0 Å². The zero-order valence-corrected chi connectivity index (χ0v) is 11.3. The lowest BCUT2D eigenvalue weighted by Crippen LogP contribution is -2.66. The van der Waals surface area contributed by atoms with Gasteiger partial charge in [-0.05, 0) is 24.9 Å². The van der Waals surface area contributed by atoms with Crippen molar-refractivity contribution in [3.63, 3.8) is 0 Å². The van der Waals surface area contributed by atoms with Crippen molar-refractivity contribution in [2.75, 3.05) is 19.6 Å². The SMILES string of the molecule is O=C(O)[C@@](O)(c1ccccc1)C1NCCN2CCC[C@H]12. The molecule has 2 aliphatic heterocycles.